The molecule has 2 aliphatic heterocycles. The SMILES string of the molecule is CN1CCN(c2ccc(C(=O)Nc3ccc(N4CCN(c5ccccn5)CC4)nc3)cc2)CC1. The topological polar surface area (TPSA) is 67.8 Å². The molecule has 2 aromatic heterocycles. The predicted octanol–water partition coefficient (Wildman–Crippen LogP) is 2.81. The standard InChI is InChI=1S/C26H31N7O/c1-30-12-14-31(15-13-30)23-8-5-21(6-9-23)26(34)29-22-7-10-25(28-20-22)33-18-16-32(17-19-33)24-4-2-3-11-27-24/h2-11,20H,12-19H2,1H3,(H,29,34). The summed E-state index contributed by atoms with van der Waals surface area (Å²) >= 11 is 0. The number of hydrogen-bond acceptors (Lipinski definition) is 7. The Morgan fingerprint density at radius 3 is 1.97 bits per heavy atom. The van der Waals surface area contributed by atoms with Gasteiger partial charge in [0.05, 0.1) is 11.9 Å². The van der Waals surface area contributed by atoms with E-state index in [0.29, 0.717) is 11.3 Å². The molecule has 176 valence electrons. The molecule has 0 saturated carbocycles. The number of pyridine rings is 2. The molecular weight excluding hydrogens is 426 g/mol. The summed E-state index contributed by atoms with van der Waals surface area (Å²) in [5.41, 5.74) is 2.51. The largest absolute Gasteiger partial charge is 0.369 e. The Morgan fingerprint density at radius 1 is 0.735 bits per heavy atom. The van der Waals surface area contributed by atoms with Crippen molar-refractivity contribution in [1.82, 2.24) is 14.9 Å². The van der Waals surface area contributed by atoms with Crippen LogP contribution < -0.4 is 20.0 Å². The molecule has 0 bridgehead atoms. The van der Waals surface area contributed by atoms with E-state index in [1.54, 1.807) is 6.20 Å². The average Bonchev–Trinajstić information content (AvgIpc) is 2.90. The number of carbonyl (C=O) groups excluding carboxylic acids is 1. The highest BCUT2D eigenvalue weighted by Gasteiger charge is 2.19. The molecule has 2 aliphatic rings. The molecule has 0 spiro atoms. The zero-order valence-corrected chi connectivity index (χ0v) is 19.6. The maximum atomic E-state index is 12.7. The first kappa shape index (κ1) is 22.2. The minimum Gasteiger partial charge on any atom is -0.369 e. The van der Waals surface area contributed by atoms with Crippen LogP contribution in [0.1, 0.15) is 10.4 Å². The van der Waals surface area contributed by atoms with Gasteiger partial charge in [0.1, 0.15) is 11.6 Å². The molecule has 1 N–H and O–H groups in total. The van der Waals surface area contributed by atoms with Gasteiger partial charge in [-0.1, -0.05) is 6.07 Å². The van der Waals surface area contributed by atoms with Gasteiger partial charge in [0.25, 0.3) is 5.91 Å². The van der Waals surface area contributed by atoms with Gasteiger partial charge in [-0.15, -0.1) is 0 Å². The molecule has 5 rings (SSSR count). The number of nitrogens with zero attached hydrogens (tertiary/aromatic N) is 6. The third-order valence-electron chi connectivity index (χ3n) is 6.58. The van der Waals surface area contributed by atoms with Crippen molar-refractivity contribution in [2.45, 2.75) is 0 Å². The molecular formula is C26H31N7O. The molecule has 8 nitrogen and oxygen atoms in total. The fourth-order valence-corrected chi connectivity index (χ4v) is 4.44. The van der Waals surface area contributed by atoms with Crippen LogP contribution in [-0.4, -0.2) is 80.2 Å². The zero-order chi connectivity index (χ0) is 23.3. The molecule has 1 aromatic carbocycles. The van der Waals surface area contributed by atoms with Crippen LogP contribution in [0.25, 0.3) is 0 Å². The number of piperazine rings is 2. The maximum absolute atomic E-state index is 12.7. The molecule has 4 heterocycles. The monoisotopic (exact) mass is 457 g/mol. The summed E-state index contributed by atoms with van der Waals surface area (Å²) in [6, 6.07) is 17.8. The van der Waals surface area contributed by atoms with E-state index >= 15 is 0 Å². The first-order chi connectivity index (χ1) is 16.7. The minimum absolute atomic E-state index is 0.122. The third-order valence-corrected chi connectivity index (χ3v) is 6.58. The van der Waals surface area contributed by atoms with Crippen LogP contribution in [0.2, 0.25) is 0 Å². The van der Waals surface area contributed by atoms with Crippen molar-refractivity contribution in [3.05, 3.63) is 72.6 Å². The van der Waals surface area contributed by atoms with E-state index in [-0.39, 0.29) is 5.91 Å². The van der Waals surface area contributed by atoms with Crippen LogP contribution in [0.3, 0.4) is 0 Å². The predicted molar refractivity (Wildman–Crippen MR) is 137 cm³/mol. The molecule has 3 aromatic rings. The second-order valence-electron chi connectivity index (χ2n) is 8.86. The lowest BCUT2D eigenvalue weighted by atomic mass is 10.1. The molecule has 34 heavy (non-hydrogen) atoms. The van der Waals surface area contributed by atoms with Crippen LogP contribution in [0.15, 0.2) is 67.0 Å². The lowest BCUT2D eigenvalue weighted by molar-refractivity contribution is 0.102. The number of hydrogen-bond donors (Lipinski definition) is 1. The molecule has 0 atom stereocenters. The number of amides is 1. The van der Waals surface area contributed by atoms with Crippen molar-refractivity contribution in [2.75, 3.05) is 79.4 Å². The summed E-state index contributed by atoms with van der Waals surface area (Å²) in [4.78, 5) is 31.0. The van der Waals surface area contributed by atoms with Crippen LogP contribution >= 0.6 is 0 Å². The van der Waals surface area contributed by atoms with Crippen LogP contribution in [0, 0.1) is 0 Å². The number of carbonyl (C=O) groups is 1. The van der Waals surface area contributed by atoms with E-state index < -0.39 is 0 Å². The van der Waals surface area contributed by atoms with Gasteiger partial charge in [-0.25, -0.2) is 9.97 Å². The average molecular weight is 458 g/mol. The second-order valence-corrected chi connectivity index (χ2v) is 8.86. The quantitative estimate of drug-likeness (QED) is 0.632. The number of benzene rings is 1. The van der Waals surface area contributed by atoms with E-state index in [4.69, 9.17) is 0 Å². The smallest absolute Gasteiger partial charge is 0.255 e. The Hall–Kier alpha value is -3.65. The number of likely N-dealkylation sites (N-methyl/N-ethyl adjacent to an activating group) is 1. The summed E-state index contributed by atoms with van der Waals surface area (Å²) in [6.45, 7) is 7.72. The number of rotatable bonds is 5. The summed E-state index contributed by atoms with van der Waals surface area (Å²) in [6.07, 6.45) is 3.56. The van der Waals surface area contributed by atoms with E-state index in [9.17, 15) is 4.79 Å². The summed E-state index contributed by atoms with van der Waals surface area (Å²) in [5.74, 6) is 1.82. The Kier molecular flexibility index (Phi) is 6.58. The van der Waals surface area contributed by atoms with Crippen molar-refractivity contribution in [2.24, 2.45) is 0 Å². The van der Waals surface area contributed by atoms with E-state index in [1.165, 1.54) is 5.69 Å². The van der Waals surface area contributed by atoms with Gasteiger partial charge >= 0.3 is 0 Å². The van der Waals surface area contributed by atoms with Crippen LogP contribution in [-0.2, 0) is 0 Å². The second kappa shape index (κ2) is 10.1. The summed E-state index contributed by atoms with van der Waals surface area (Å²) in [5, 5.41) is 2.96. The van der Waals surface area contributed by atoms with Gasteiger partial charge in [-0.05, 0) is 55.6 Å². The first-order valence-electron chi connectivity index (χ1n) is 11.9. The molecule has 0 radical (unpaired) electrons. The third kappa shape index (κ3) is 5.12. The molecule has 1 amide bonds. The van der Waals surface area contributed by atoms with Crippen molar-refractivity contribution < 1.29 is 4.79 Å². The number of nitrogens with one attached hydrogen (secondary N) is 1. The van der Waals surface area contributed by atoms with Gasteiger partial charge in [0.15, 0.2) is 0 Å². The highest BCUT2D eigenvalue weighted by atomic mass is 16.1. The Balaban J connectivity index is 1.14. The Bertz CT molecular complexity index is 1070. The Morgan fingerprint density at radius 2 is 1.38 bits per heavy atom. The number of aromatic nitrogens is 2. The zero-order valence-electron chi connectivity index (χ0n) is 19.6. The molecule has 0 aliphatic carbocycles. The lowest BCUT2D eigenvalue weighted by Crippen LogP contribution is -2.47. The van der Waals surface area contributed by atoms with Crippen LogP contribution in [0.4, 0.5) is 23.0 Å². The minimum atomic E-state index is -0.122. The van der Waals surface area contributed by atoms with Gasteiger partial charge in [-0.2, -0.15) is 0 Å². The van der Waals surface area contributed by atoms with Gasteiger partial charge in [-0.3, -0.25) is 4.79 Å². The molecule has 8 heteroatoms. The van der Waals surface area contributed by atoms with Crippen molar-refractivity contribution in [1.29, 1.82) is 0 Å². The van der Waals surface area contributed by atoms with Crippen molar-refractivity contribution >= 4 is 28.9 Å². The van der Waals surface area contributed by atoms with E-state index in [1.807, 2.05) is 60.8 Å². The van der Waals surface area contributed by atoms with Gasteiger partial charge < -0.3 is 24.9 Å². The summed E-state index contributed by atoms with van der Waals surface area (Å²) < 4.78 is 0. The highest BCUT2D eigenvalue weighted by Crippen LogP contribution is 2.20. The van der Waals surface area contributed by atoms with Gasteiger partial charge in [0.2, 0.25) is 0 Å². The maximum Gasteiger partial charge on any atom is 0.255 e. The molecule has 2 fully saturated rings. The summed E-state index contributed by atoms with van der Waals surface area (Å²) in [7, 11) is 2.15. The fraction of sp³-hybridized carbons (Fsp3) is 0.346. The van der Waals surface area contributed by atoms with Crippen molar-refractivity contribution in [3.63, 3.8) is 0 Å². The van der Waals surface area contributed by atoms with E-state index in [0.717, 1.165) is 64.0 Å². The Labute approximate surface area is 200 Å². The number of anilines is 4. The van der Waals surface area contributed by atoms with Crippen molar-refractivity contribution in [3.8, 4) is 0 Å². The van der Waals surface area contributed by atoms with Crippen LogP contribution in [0.5, 0.6) is 0 Å². The lowest BCUT2D eigenvalue weighted by Gasteiger charge is -2.36. The fourth-order valence-electron chi connectivity index (χ4n) is 4.44. The van der Waals surface area contributed by atoms with E-state index in [2.05, 4.69) is 41.9 Å². The highest BCUT2D eigenvalue weighted by molar-refractivity contribution is 6.04. The normalized spacial score (nSPS) is 17.0. The first-order valence-corrected chi connectivity index (χ1v) is 11.9. The van der Waals surface area contributed by atoms with Gasteiger partial charge in [0, 0.05) is 69.8 Å². The molecule has 2 saturated heterocycles. The molecule has 0 unspecified atom stereocenters.